The van der Waals surface area contributed by atoms with Crippen molar-refractivity contribution in [3.8, 4) is 5.75 Å². The molecule has 0 heterocycles. The van der Waals surface area contributed by atoms with Gasteiger partial charge in [0.1, 0.15) is 5.75 Å². The molecule has 1 unspecified atom stereocenters. The first-order valence-corrected chi connectivity index (χ1v) is 7.82. The summed E-state index contributed by atoms with van der Waals surface area (Å²) in [5.41, 5.74) is 1.29. The summed E-state index contributed by atoms with van der Waals surface area (Å²) in [6.07, 6.45) is 3.27. The number of carboxylic acids is 2. The minimum atomic E-state index is -1.82. The second-order valence-corrected chi connectivity index (χ2v) is 5.04. The van der Waals surface area contributed by atoms with Crippen LogP contribution in [0.15, 0.2) is 24.3 Å². The van der Waals surface area contributed by atoms with Gasteiger partial charge >= 0.3 is 11.9 Å². The quantitative estimate of drug-likeness (QED) is 0.502. The number of benzene rings is 1. The van der Waals surface area contributed by atoms with Crippen molar-refractivity contribution in [2.45, 2.75) is 46.1 Å². The Bertz CT molecular complexity index is 464. The van der Waals surface area contributed by atoms with Crippen LogP contribution < -0.4 is 10.1 Å². The highest BCUT2D eigenvalue weighted by atomic mass is 16.5. The van der Waals surface area contributed by atoms with E-state index in [0.29, 0.717) is 6.04 Å². The molecule has 0 saturated carbocycles. The number of aliphatic carboxylic acids is 2. The second kappa shape index (κ2) is 12.5. The predicted octanol–water partition coefficient (Wildman–Crippen LogP) is 2.56. The van der Waals surface area contributed by atoms with Crippen molar-refractivity contribution in [2.24, 2.45) is 0 Å². The first-order valence-electron chi connectivity index (χ1n) is 7.82. The van der Waals surface area contributed by atoms with Crippen LogP contribution in [0.3, 0.4) is 0 Å². The second-order valence-electron chi connectivity index (χ2n) is 5.04. The summed E-state index contributed by atoms with van der Waals surface area (Å²) in [6, 6.07) is 8.90. The molecule has 0 aliphatic rings. The van der Waals surface area contributed by atoms with E-state index in [1.54, 1.807) is 0 Å². The van der Waals surface area contributed by atoms with Gasteiger partial charge in [-0.25, -0.2) is 9.59 Å². The Morgan fingerprint density at radius 1 is 1.17 bits per heavy atom. The summed E-state index contributed by atoms with van der Waals surface area (Å²) in [6.45, 7) is 8.40. The van der Waals surface area contributed by atoms with E-state index in [0.717, 1.165) is 31.7 Å². The summed E-state index contributed by atoms with van der Waals surface area (Å²) in [5, 5.41) is 18.2. The zero-order valence-corrected chi connectivity index (χ0v) is 14.0. The maximum atomic E-state index is 9.10. The number of hydrogen-bond donors (Lipinski definition) is 3. The molecule has 0 radical (unpaired) electrons. The van der Waals surface area contributed by atoms with Gasteiger partial charge in [-0.15, -0.1) is 0 Å². The Morgan fingerprint density at radius 3 is 2.30 bits per heavy atom. The number of nitrogens with one attached hydrogen (secondary N) is 1. The van der Waals surface area contributed by atoms with Gasteiger partial charge in [0.25, 0.3) is 0 Å². The average Bonchev–Trinajstić information content (AvgIpc) is 2.55. The van der Waals surface area contributed by atoms with Crippen molar-refractivity contribution in [3.63, 3.8) is 0 Å². The van der Waals surface area contributed by atoms with Crippen LogP contribution in [0, 0.1) is 0 Å². The first kappa shape index (κ1) is 20.9. The van der Waals surface area contributed by atoms with Crippen molar-refractivity contribution in [1.82, 2.24) is 5.32 Å². The molecule has 1 rings (SSSR count). The molecule has 0 bridgehead atoms. The summed E-state index contributed by atoms with van der Waals surface area (Å²) in [5.74, 6) is -2.61. The highest BCUT2D eigenvalue weighted by Crippen LogP contribution is 2.18. The van der Waals surface area contributed by atoms with Crippen molar-refractivity contribution in [1.29, 1.82) is 0 Å². The van der Waals surface area contributed by atoms with Gasteiger partial charge < -0.3 is 20.3 Å². The molecule has 23 heavy (non-hydrogen) atoms. The lowest BCUT2D eigenvalue weighted by atomic mass is 10.1. The van der Waals surface area contributed by atoms with Crippen LogP contribution in [-0.4, -0.2) is 41.3 Å². The smallest absolute Gasteiger partial charge is 0.414 e. The Balaban J connectivity index is 0.000000688. The summed E-state index contributed by atoms with van der Waals surface area (Å²) >= 11 is 0. The van der Waals surface area contributed by atoms with Crippen LogP contribution >= 0.6 is 0 Å². The van der Waals surface area contributed by atoms with Crippen molar-refractivity contribution >= 4 is 11.9 Å². The van der Waals surface area contributed by atoms with Crippen LogP contribution in [0.5, 0.6) is 5.75 Å². The van der Waals surface area contributed by atoms with E-state index in [9.17, 15) is 0 Å². The molecular formula is C17H27NO5. The van der Waals surface area contributed by atoms with Crippen LogP contribution in [0.2, 0.25) is 0 Å². The highest BCUT2D eigenvalue weighted by Gasteiger charge is 2.04. The monoisotopic (exact) mass is 325 g/mol. The van der Waals surface area contributed by atoms with Gasteiger partial charge in [0.15, 0.2) is 0 Å². The molecule has 1 aromatic rings. The molecule has 0 fully saturated rings. The van der Waals surface area contributed by atoms with E-state index in [2.05, 4.69) is 44.3 Å². The number of hydrogen-bond acceptors (Lipinski definition) is 4. The predicted molar refractivity (Wildman–Crippen MR) is 89.0 cm³/mol. The van der Waals surface area contributed by atoms with Gasteiger partial charge in [-0.2, -0.15) is 0 Å². The number of carboxylic acid groups (broad SMARTS) is 2. The van der Waals surface area contributed by atoms with Gasteiger partial charge in [0.05, 0.1) is 6.61 Å². The van der Waals surface area contributed by atoms with E-state index in [1.807, 2.05) is 6.07 Å². The molecule has 6 heteroatoms. The summed E-state index contributed by atoms with van der Waals surface area (Å²) in [7, 11) is 0. The topological polar surface area (TPSA) is 95.9 Å². The van der Waals surface area contributed by atoms with Crippen LogP contribution in [-0.2, 0) is 16.0 Å². The van der Waals surface area contributed by atoms with E-state index in [1.165, 1.54) is 12.0 Å². The Kier molecular flexibility index (Phi) is 11.3. The van der Waals surface area contributed by atoms with Crippen LogP contribution in [0.4, 0.5) is 0 Å². The van der Waals surface area contributed by atoms with Gasteiger partial charge in [-0.05, 0) is 44.4 Å². The maximum Gasteiger partial charge on any atom is 0.414 e. The molecule has 1 atom stereocenters. The fourth-order valence-corrected chi connectivity index (χ4v) is 1.68. The summed E-state index contributed by atoms with van der Waals surface area (Å²) < 4.78 is 5.80. The third-order valence-electron chi connectivity index (χ3n) is 3.22. The zero-order chi connectivity index (χ0) is 17.7. The summed E-state index contributed by atoms with van der Waals surface area (Å²) in [4.78, 5) is 18.2. The number of rotatable bonds is 8. The molecule has 0 aliphatic carbocycles. The van der Waals surface area contributed by atoms with E-state index in [-0.39, 0.29) is 0 Å². The molecule has 0 aliphatic heterocycles. The van der Waals surface area contributed by atoms with Crippen molar-refractivity contribution in [3.05, 3.63) is 29.8 Å². The third kappa shape index (κ3) is 10.3. The van der Waals surface area contributed by atoms with Gasteiger partial charge in [-0.1, -0.05) is 32.0 Å². The van der Waals surface area contributed by atoms with Gasteiger partial charge in [0.2, 0.25) is 0 Å². The molecule has 3 N–H and O–H groups in total. The standard InChI is InChI=1S/C15H25NO.C2H2O4/c1-4-13(3)16-11-8-12-17-15-10-7-6-9-14(15)5-2;3-1(4)2(5)6/h6-7,9-10,13,16H,4-5,8,11-12H2,1-3H3;(H,3,4)(H,5,6). The Morgan fingerprint density at radius 2 is 1.78 bits per heavy atom. The first-order chi connectivity index (χ1) is 10.9. The fourth-order valence-electron chi connectivity index (χ4n) is 1.68. The molecule has 0 amide bonds. The van der Waals surface area contributed by atoms with Crippen LogP contribution in [0.25, 0.3) is 0 Å². The number of ether oxygens (including phenoxy) is 1. The minimum absolute atomic E-state index is 0.609. The number of para-hydroxylation sites is 1. The molecule has 0 aromatic heterocycles. The molecular weight excluding hydrogens is 298 g/mol. The largest absolute Gasteiger partial charge is 0.493 e. The fraction of sp³-hybridized carbons (Fsp3) is 0.529. The zero-order valence-electron chi connectivity index (χ0n) is 14.0. The van der Waals surface area contributed by atoms with Crippen molar-refractivity contribution < 1.29 is 24.5 Å². The van der Waals surface area contributed by atoms with E-state index < -0.39 is 11.9 Å². The van der Waals surface area contributed by atoms with E-state index in [4.69, 9.17) is 24.5 Å². The molecule has 1 aromatic carbocycles. The highest BCUT2D eigenvalue weighted by molar-refractivity contribution is 6.27. The van der Waals surface area contributed by atoms with Crippen molar-refractivity contribution in [2.75, 3.05) is 13.2 Å². The molecule has 130 valence electrons. The molecule has 0 spiro atoms. The van der Waals surface area contributed by atoms with E-state index >= 15 is 0 Å². The number of aryl methyl sites for hydroxylation is 1. The molecule has 6 nitrogen and oxygen atoms in total. The minimum Gasteiger partial charge on any atom is -0.493 e. The normalized spacial score (nSPS) is 11.1. The lowest BCUT2D eigenvalue weighted by molar-refractivity contribution is -0.159. The third-order valence-corrected chi connectivity index (χ3v) is 3.22. The van der Waals surface area contributed by atoms with Crippen LogP contribution in [0.1, 0.15) is 39.2 Å². The Labute approximate surface area is 137 Å². The lowest BCUT2D eigenvalue weighted by Crippen LogP contribution is -2.27. The SMILES string of the molecule is CCc1ccccc1OCCCNC(C)CC.O=C(O)C(=O)O. The number of carbonyl (C=O) groups is 2. The van der Waals surface area contributed by atoms with Gasteiger partial charge in [-0.3, -0.25) is 0 Å². The molecule has 0 saturated heterocycles. The average molecular weight is 325 g/mol. The Hall–Kier alpha value is -2.08. The van der Waals surface area contributed by atoms with Gasteiger partial charge in [0, 0.05) is 6.04 Å². The maximum absolute atomic E-state index is 9.10. The lowest BCUT2D eigenvalue weighted by Gasteiger charge is -2.12.